The molecular weight excluding hydrogens is 333 g/mol. The molecule has 3 heterocycles. The first-order valence-electron chi connectivity index (χ1n) is 8.07. The van der Waals surface area contributed by atoms with Gasteiger partial charge in [-0.1, -0.05) is 0 Å². The fraction of sp³-hybridized carbons (Fsp3) is 0.471. The third-order valence-corrected chi connectivity index (χ3v) is 4.40. The Bertz CT molecular complexity index is 784. The van der Waals surface area contributed by atoms with Crippen LogP contribution in [0.4, 0.5) is 13.2 Å². The number of nitrogens with zero attached hydrogens (tertiary/aromatic N) is 4. The molecule has 1 aliphatic rings. The molecule has 0 aliphatic carbocycles. The summed E-state index contributed by atoms with van der Waals surface area (Å²) in [5.41, 5.74) is 0.492. The highest BCUT2D eigenvalue weighted by molar-refractivity contribution is 5.94. The first-order valence-corrected chi connectivity index (χ1v) is 8.07. The molecule has 134 valence electrons. The lowest BCUT2D eigenvalue weighted by Crippen LogP contribution is -2.39. The molecule has 3 rings (SSSR count). The second-order valence-electron chi connectivity index (χ2n) is 6.43. The maximum Gasteiger partial charge on any atom is 0.434 e. The maximum absolute atomic E-state index is 12.9. The van der Waals surface area contributed by atoms with Gasteiger partial charge in [-0.2, -0.15) is 13.2 Å². The van der Waals surface area contributed by atoms with Gasteiger partial charge in [-0.15, -0.1) is 0 Å². The van der Waals surface area contributed by atoms with E-state index in [-0.39, 0.29) is 11.8 Å². The number of hydrogen-bond acceptors (Lipinski definition) is 3. The fourth-order valence-electron chi connectivity index (χ4n) is 3.22. The van der Waals surface area contributed by atoms with Gasteiger partial charge in [-0.25, -0.2) is 4.98 Å². The molecule has 2 aromatic heterocycles. The number of amides is 1. The minimum absolute atomic E-state index is 0.147. The van der Waals surface area contributed by atoms with Crippen LogP contribution in [0.3, 0.4) is 0 Å². The van der Waals surface area contributed by atoms with E-state index in [0.717, 1.165) is 18.2 Å². The van der Waals surface area contributed by atoms with Crippen LogP contribution in [-0.4, -0.2) is 38.4 Å². The van der Waals surface area contributed by atoms with E-state index in [1.165, 1.54) is 10.8 Å². The maximum atomic E-state index is 12.9. The lowest BCUT2D eigenvalue weighted by Gasteiger charge is -2.32. The molecule has 0 radical (unpaired) electrons. The van der Waals surface area contributed by atoms with E-state index >= 15 is 0 Å². The smallest absolute Gasteiger partial charge is 0.338 e. The lowest BCUT2D eigenvalue weighted by atomic mass is 9.96. The molecule has 1 atom stereocenters. The molecule has 0 aromatic carbocycles. The van der Waals surface area contributed by atoms with Crippen molar-refractivity contribution in [3.63, 3.8) is 0 Å². The van der Waals surface area contributed by atoms with Gasteiger partial charge in [-0.3, -0.25) is 9.78 Å². The van der Waals surface area contributed by atoms with Crippen LogP contribution in [0.25, 0.3) is 0 Å². The zero-order chi connectivity index (χ0) is 18.2. The van der Waals surface area contributed by atoms with Gasteiger partial charge < -0.3 is 9.47 Å². The number of pyridine rings is 1. The van der Waals surface area contributed by atoms with Crippen molar-refractivity contribution in [3.05, 3.63) is 47.3 Å². The highest BCUT2D eigenvalue weighted by Gasteiger charge is 2.36. The Morgan fingerprint density at radius 2 is 2.08 bits per heavy atom. The van der Waals surface area contributed by atoms with Crippen LogP contribution in [-0.2, 0) is 13.2 Å². The van der Waals surface area contributed by atoms with Crippen LogP contribution in [0.2, 0.25) is 0 Å². The Morgan fingerprint density at radius 1 is 1.32 bits per heavy atom. The summed E-state index contributed by atoms with van der Waals surface area (Å²) in [7, 11) is 1.56. The quantitative estimate of drug-likeness (QED) is 0.834. The molecule has 0 N–H and O–H groups in total. The molecule has 1 amide bonds. The van der Waals surface area contributed by atoms with Crippen LogP contribution in [0, 0.1) is 6.92 Å². The average molecular weight is 352 g/mol. The van der Waals surface area contributed by atoms with Crippen LogP contribution >= 0.6 is 0 Å². The van der Waals surface area contributed by atoms with Gasteiger partial charge in [-0.05, 0) is 31.4 Å². The Kier molecular flexibility index (Phi) is 4.53. The van der Waals surface area contributed by atoms with Gasteiger partial charge in [0.1, 0.15) is 5.82 Å². The molecule has 8 heteroatoms. The molecule has 1 aliphatic heterocycles. The summed E-state index contributed by atoms with van der Waals surface area (Å²) in [5.74, 6) is 0.00918. The topological polar surface area (TPSA) is 51.0 Å². The number of imidazole rings is 1. The van der Waals surface area contributed by atoms with Crippen LogP contribution < -0.4 is 0 Å². The number of alkyl halides is 3. The Morgan fingerprint density at radius 3 is 2.72 bits per heavy atom. The number of likely N-dealkylation sites (tertiary alicyclic amines) is 1. The molecule has 0 spiro atoms. The summed E-state index contributed by atoms with van der Waals surface area (Å²) >= 11 is 0. The number of halogens is 3. The van der Waals surface area contributed by atoms with Crippen molar-refractivity contribution < 1.29 is 18.0 Å². The van der Waals surface area contributed by atoms with Crippen molar-refractivity contribution >= 4 is 5.91 Å². The van der Waals surface area contributed by atoms with E-state index in [2.05, 4.69) is 9.97 Å². The van der Waals surface area contributed by atoms with E-state index < -0.39 is 11.9 Å². The van der Waals surface area contributed by atoms with Crippen molar-refractivity contribution in [2.45, 2.75) is 31.9 Å². The lowest BCUT2D eigenvalue weighted by molar-refractivity contribution is -0.141. The first-order chi connectivity index (χ1) is 11.8. The zero-order valence-electron chi connectivity index (χ0n) is 14.0. The number of piperidine rings is 1. The van der Waals surface area contributed by atoms with E-state index in [0.29, 0.717) is 30.9 Å². The van der Waals surface area contributed by atoms with Gasteiger partial charge >= 0.3 is 6.18 Å². The molecular formula is C17H19F3N4O. The van der Waals surface area contributed by atoms with Gasteiger partial charge in [0.25, 0.3) is 5.91 Å². The molecule has 0 bridgehead atoms. The van der Waals surface area contributed by atoms with E-state index in [1.807, 2.05) is 6.92 Å². The molecule has 5 nitrogen and oxygen atoms in total. The van der Waals surface area contributed by atoms with Crippen molar-refractivity contribution in [1.82, 2.24) is 19.4 Å². The normalized spacial score (nSPS) is 18.4. The predicted molar refractivity (Wildman–Crippen MR) is 85.1 cm³/mol. The van der Waals surface area contributed by atoms with Crippen molar-refractivity contribution in [3.8, 4) is 0 Å². The SMILES string of the molecule is Cc1cncc(C(=O)N2CCC[C@H](c3nc(C(F)(F)F)cn3C)C2)c1. The minimum Gasteiger partial charge on any atom is -0.338 e. The monoisotopic (exact) mass is 352 g/mol. The highest BCUT2D eigenvalue weighted by atomic mass is 19.4. The Labute approximate surface area is 143 Å². The number of carbonyl (C=O) groups excluding carboxylic acids is 1. The van der Waals surface area contributed by atoms with Crippen LogP contribution in [0.5, 0.6) is 0 Å². The van der Waals surface area contributed by atoms with Crippen molar-refractivity contribution in [2.75, 3.05) is 13.1 Å². The van der Waals surface area contributed by atoms with Crippen molar-refractivity contribution in [2.24, 2.45) is 7.05 Å². The second-order valence-corrected chi connectivity index (χ2v) is 6.43. The van der Waals surface area contributed by atoms with Crippen molar-refractivity contribution in [1.29, 1.82) is 0 Å². The van der Waals surface area contributed by atoms with E-state index in [1.54, 1.807) is 24.2 Å². The molecule has 25 heavy (non-hydrogen) atoms. The highest BCUT2D eigenvalue weighted by Crippen LogP contribution is 2.32. The summed E-state index contributed by atoms with van der Waals surface area (Å²) in [6.45, 7) is 2.80. The summed E-state index contributed by atoms with van der Waals surface area (Å²) in [6.07, 6.45) is 1.15. The molecule has 1 saturated heterocycles. The summed E-state index contributed by atoms with van der Waals surface area (Å²) in [5, 5.41) is 0. The largest absolute Gasteiger partial charge is 0.434 e. The average Bonchev–Trinajstić information content (AvgIpc) is 2.96. The van der Waals surface area contributed by atoms with Gasteiger partial charge in [0.05, 0.1) is 5.56 Å². The predicted octanol–water partition coefficient (Wildman–Crippen LogP) is 3.16. The summed E-state index contributed by atoms with van der Waals surface area (Å²) in [6, 6.07) is 1.77. The molecule has 0 unspecified atom stereocenters. The van der Waals surface area contributed by atoms with Crippen LogP contribution in [0.15, 0.2) is 24.7 Å². The van der Waals surface area contributed by atoms with E-state index in [9.17, 15) is 18.0 Å². The fourth-order valence-corrected chi connectivity index (χ4v) is 3.22. The first kappa shape index (κ1) is 17.4. The standard InChI is InChI=1S/C17H19F3N4O/c1-11-6-13(8-21-7-11)16(25)24-5-3-4-12(9-24)15-22-14(10-23(15)2)17(18,19)20/h6-8,10,12H,3-5,9H2,1-2H3/t12-/m0/s1. The van der Waals surface area contributed by atoms with E-state index in [4.69, 9.17) is 0 Å². The number of aromatic nitrogens is 3. The van der Waals surface area contributed by atoms with Gasteiger partial charge in [0.2, 0.25) is 0 Å². The number of carbonyl (C=O) groups is 1. The molecule has 1 fully saturated rings. The number of rotatable bonds is 2. The summed E-state index contributed by atoms with van der Waals surface area (Å²) < 4.78 is 40.0. The van der Waals surface area contributed by atoms with Crippen LogP contribution in [0.1, 0.15) is 46.2 Å². The second kappa shape index (κ2) is 6.50. The Hall–Kier alpha value is -2.38. The number of hydrogen-bond donors (Lipinski definition) is 0. The third-order valence-electron chi connectivity index (χ3n) is 4.40. The van der Waals surface area contributed by atoms with Gasteiger partial charge in [0, 0.05) is 44.6 Å². The minimum atomic E-state index is -4.46. The summed E-state index contributed by atoms with van der Waals surface area (Å²) in [4.78, 5) is 22.1. The van der Waals surface area contributed by atoms with Gasteiger partial charge in [0.15, 0.2) is 5.69 Å². The zero-order valence-corrected chi connectivity index (χ0v) is 14.0. The Balaban J connectivity index is 1.80. The number of aryl methyl sites for hydroxylation is 2. The molecule has 2 aromatic rings. The third kappa shape index (κ3) is 3.67. The molecule has 0 saturated carbocycles.